The van der Waals surface area contributed by atoms with Crippen molar-refractivity contribution >= 4 is 11.6 Å². The van der Waals surface area contributed by atoms with E-state index >= 15 is 0 Å². The van der Waals surface area contributed by atoms with Crippen molar-refractivity contribution in [2.75, 3.05) is 49.1 Å². The number of anilines is 2. The predicted molar refractivity (Wildman–Crippen MR) is 90.8 cm³/mol. The molecule has 0 aromatic carbocycles. The summed E-state index contributed by atoms with van der Waals surface area (Å²) in [5, 5.41) is 0. The third-order valence-corrected chi connectivity index (χ3v) is 4.76. The van der Waals surface area contributed by atoms with Crippen LogP contribution in [0.1, 0.15) is 5.69 Å². The molecule has 0 spiro atoms. The molecule has 0 unspecified atom stereocenters. The van der Waals surface area contributed by atoms with Gasteiger partial charge in [0, 0.05) is 51.5 Å². The molecule has 0 amide bonds. The summed E-state index contributed by atoms with van der Waals surface area (Å²) in [5.74, 6) is 2.09. The molecule has 6 heteroatoms. The van der Waals surface area contributed by atoms with Gasteiger partial charge in [0.1, 0.15) is 11.6 Å². The van der Waals surface area contributed by atoms with E-state index in [1.54, 1.807) is 0 Å². The molecule has 0 bridgehead atoms. The van der Waals surface area contributed by atoms with E-state index in [1.807, 2.05) is 31.6 Å². The van der Waals surface area contributed by atoms with Gasteiger partial charge in [-0.3, -0.25) is 9.88 Å². The van der Waals surface area contributed by atoms with Gasteiger partial charge in [-0.1, -0.05) is 6.07 Å². The normalized spacial score (nSPS) is 19.7. The van der Waals surface area contributed by atoms with Crippen LogP contribution in [0.15, 0.2) is 36.8 Å². The molecule has 0 radical (unpaired) electrons. The van der Waals surface area contributed by atoms with Crippen molar-refractivity contribution in [1.29, 1.82) is 0 Å². The topological polar surface area (TPSA) is 48.4 Å². The van der Waals surface area contributed by atoms with Crippen molar-refractivity contribution in [3.05, 3.63) is 42.5 Å². The minimum Gasteiger partial charge on any atom is -0.354 e. The zero-order valence-electron chi connectivity index (χ0n) is 13.5. The van der Waals surface area contributed by atoms with Crippen LogP contribution in [-0.4, -0.2) is 65.2 Å². The van der Waals surface area contributed by atoms with Gasteiger partial charge in [0.2, 0.25) is 0 Å². The number of hydrogen-bond acceptors (Lipinski definition) is 6. The zero-order chi connectivity index (χ0) is 15.6. The average molecular weight is 310 g/mol. The largest absolute Gasteiger partial charge is 0.354 e. The molecule has 120 valence electrons. The number of aromatic nitrogens is 3. The van der Waals surface area contributed by atoms with Crippen molar-refractivity contribution in [3.8, 4) is 0 Å². The van der Waals surface area contributed by atoms with E-state index in [4.69, 9.17) is 0 Å². The van der Waals surface area contributed by atoms with Gasteiger partial charge in [-0.25, -0.2) is 9.97 Å². The maximum absolute atomic E-state index is 4.46. The number of nitrogens with zero attached hydrogens (tertiary/aromatic N) is 6. The highest BCUT2D eigenvalue weighted by atomic mass is 15.4. The molecule has 2 saturated heterocycles. The molecule has 4 heterocycles. The standard InChI is InChI=1S/C17H22N6/c1-14-10-20-17(11-19-14)23-12-15(13-23)21-6-8-22(9-7-21)16-4-2-3-5-18-16/h2-5,10-11,15H,6-9,12-13H2,1H3. The summed E-state index contributed by atoms with van der Waals surface area (Å²) < 4.78 is 0. The molecule has 2 aliphatic rings. The summed E-state index contributed by atoms with van der Waals surface area (Å²) in [6.45, 7) is 8.40. The number of rotatable bonds is 3. The van der Waals surface area contributed by atoms with Crippen molar-refractivity contribution in [1.82, 2.24) is 19.9 Å². The van der Waals surface area contributed by atoms with Gasteiger partial charge < -0.3 is 9.80 Å². The summed E-state index contributed by atoms with van der Waals surface area (Å²) >= 11 is 0. The first-order valence-electron chi connectivity index (χ1n) is 8.23. The number of pyridine rings is 1. The van der Waals surface area contributed by atoms with Crippen molar-refractivity contribution < 1.29 is 0 Å². The van der Waals surface area contributed by atoms with E-state index in [1.165, 1.54) is 0 Å². The molecular weight excluding hydrogens is 288 g/mol. The second-order valence-corrected chi connectivity index (χ2v) is 6.29. The van der Waals surface area contributed by atoms with Crippen molar-refractivity contribution in [2.24, 2.45) is 0 Å². The van der Waals surface area contributed by atoms with Crippen LogP contribution in [0.3, 0.4) is 0 Å². The Labute approximate surface area is 136 Å². The van der Waals surface area contributed by atoms with Crippen LogP contribution >= 0.6 is 0 Å². The van der Waals surface area contributed by atoms with Crippen LogP contribution in [0.4, 0.5) is 11.6 Å². The Balaban J connectivity index is 1.28. The monoisotopic (exact) mass is 310 g/mol. The van der Waals surface area contributed by atoms with Crippen LogP contribution in [0.5, 0.6) is 0 Å². The maximum atomic E-state index is 4.46. The SMILES string of the molecule is Cc1cnc(N2CC(N3CCN(c4ccccn4)CC3)C2)cn1. The lowest BCUT2D eigenvalue weighted by atomic mass is 10.1. The van der Waals surface area contributed by atoms with E-state index in [0.29, 0.717) is 6.04 Å². The van der Waals surface area contributed by atoms with Gasteiger partial charge in [-0.2, -0.15) is 0 Å². The molecule has 0 saturated carbocycles. The molecule has 0 N–H and O–H groups in total. The second-order valence-electron chi connectivity index (χ2n) is 6.29. The molecule has 23 heavy (non-hydrogen) atoms. The lowest BCUT2D eigenvalue weighted by Gasteiger charge is -2.48. The minimum absolute atomic E-state index is 0.643. The van der Waals surface area contributed by atoms with E-state index in [0.717, 1.165) is 56.6 Å². The quantitative estimate of drug-likeness (QED) is 0.849. The summed E-state index contributed by atoms with van der Waals surface area (Å²) in [5.41, 5.74) is 0.969. The Hall–Kier alpha value is -2.21. The van der Waals surface area contributed by atoms with Crippen molar-refractivity contribution in [2.45, 2.75) is 13.0 Å². The van der Waals surface area contributed by atoms with Crippen LogP contribution in [0.25, 0.3) is 0 Å². The van der Waals surface area contributed by atoms with Gasteiger partial charge in [0.05, 0.1) is 18.1 Å². The molecule has 6 nitrogen and oxygen atoms in total. The fraction of sp³-hybridized carbons (Fsp3) is 0.471. The summed E-state index contributed by atoms with van der Waals surface area (Å²) in [6, 6.07) is 6.76. The van der Waals surface area contributed by atoms with Crippen molar-refractivity contribution in [3.63, 3.8) is 0 Å². The van der Waals surface area contributed by atoms with Crippen LogP contribution in [0.2, 0.25) is 0 Å². The molecule has 2 aromatic heterocycles. The van der Waals surface area contributed by atoms with E-state index in [2.05, 4.69) is 41.8 Å². The highest BCUT2D eigenvalue weighted by molar-refractivity contribution is 5.41. The Bertz CT molecular complexity index is 630. The van der Waals surface area contributed by atoms with Crippen LogP contribution in [0, 0.1) is 6.92 Å². The third-order valence-electron chi connectivity index (χ3n) is 4.76. The molecule has 0 aliphatic carbocycles. The first-order chi connectivity index (χ1) is 11.3. The van der Waals surface area contributed by atoms with Crippen LogP contribution < -0.4 is 9.80 Å². The number of piperazine rings is 1. The van der Waals surface area contributed by atoms with E-state index in [9.17, 15) is 0 Å². The van der Waals surface area contributed by atoms with Gasteiger partial charge >= 0.3 is 0 Å². The second kappa shape index (κ2) is 6.12. The zero-order valence-corrected chi connectivity index (χ0v) is 13.5. The Morgan fingerprint density at radius 2 is 1.70 bits per heavy atom. The van der Waals surface area contributed by atoms with E-state index in [-0.39, 0.29) is 0 Å². The summed E-state index contributed by atoms with van der Waals surface area (Å²) in [6.07, 6.45) is 5.59. The number of aryl methyl sites for hydroxylation is 1. The first kappa shape index (κ1) is 14.4. The summed E-state index contributed by atoms with van der Waals surface area (Å²) in [7, 11) is 0. The molecule has 0 atom stereocenters. The van der Waals surface area contributed by atoms with E-state index < -0.39 is 0 Å². The lowest BCUT2D eigenvalue weighted by molar-refractivity contribution is 0.156. The molecule has 4 rings (SSSR count). The summed E-state index contributed by atoms with van der Waals surface area (Å²) in [4.78, 5) is 20.5. The fourth-order valence-electron chi connectivity index (χ4n) is 3.28. The highest BCUT2D eigenvalue weighted by Crippen LogP contribution is 2.23. The van der Waals surface area contributed by atoms with Gasteiger partial charge in [-0.05, 0) is 19.1 Å². The van der Waals surface area contributed by atoms with Gasteiger partial charge in [0.25, 0.3) is 0 Å². The Morgan fingerprint density at radius 3 is 2.35 bits per heavy atom. The Morgan fingerprint density at radius 1 is 0.870 bits per heavy atom. The number of hydrogen-bond donors (Lipinski definition) is 0. The maximum Gasteiger partial charge on any atom is 0.147 e. The first-order valence-corrected chi connectivity index (χ1v) is 8.23. The lowest BCUT2D eigenvalue weighted by Crippen LogP contribution is -2.63. The predicted octanol–water partition coefficient (Wildman–Crippen LogP) is 1.19. The molecule has 2 fully saturated rings. The molecule has 2 aliphatic heterocycles. The van der Waals surface area contributed by atoms with Gasteiger partial charge in [-0.15, -0.1) is 0 Å². The van der Waals surface area contributed by atoms with Crippen LogP contribution in [-0.2, 0) is 0 Å². The minimum atomic E-state index is 0.643. The Kier molecular flexibility index (Phi) is 3.83. The molecular formula is C17H22N6. The average Bonchev–Trinajstić information content (AvgIpc) is 2.57. The smallest absolute Gasteiger partial charge is 0.147 e. The van der Waals surface area contributed by atoms with Gasteiger partial charge in [0.15, 0.2) is 0 Å². The molecule has 2 aromatic rings. The third kappa shape index (κ3) is 2.99. The fourth-order valence-corrected chi connectivity index (χ4v) is 3.28. The highest BCUT2D eigenvalue weighted by Gasteiger charge is 2.34.